The predicted molar refractivity (Wildman–Crippen MR) is 112 cm³/mol. The fourth-order valence-corrected chi connectivity index (χ4v) is 3.85. The number of benzene rings is 2. The van der Waals surface area contributed by atoms with Crippen LogP contribution in [0.25, 0.3) is 0 Å². The number of likely N-dealkylation sites (tertiary alicyclic amines) is 1. The average Bonchev–Trinajstić information content (AvgIpc) is 3.32. The Morgan fingerprint density at radius 2 is 1.73 bits per heavy atom. The van der Waals surface area contributed by atoms with Crippen molar-refractivity contribution in [3.63, 3.8) is 0 Å². The Hall–Kier alpha value is -3.35. The number of para-hydroxylation sites is 1. The summed E-state index contributed by atoms with van der Waals surface area (Å²) in [6, 6.07) is 16.6. The number of ether oxygens (including phenoxy) is 1. The van der Waals surface area contributed by atoms with E-state index in [4.69, 9.17) is 4.74 Å². The molecule has 2 heterocycles. The Labute approximate surface area is 175 Å². The fourth-order valence-electron chi connectivity index (χ4n) is 3.85. The lowest BCUT2D eigenvalue weighted by Crippen LogP contribution is -2.39. The van der Waals surface area contributed by atoms with E-state index in [1.807, 2.05) is 54.6 Å². The number of carbonyl (C=O) groups excluding carboxylic acids is 3. The first-order chi connectivity index (χ1) is 14.6. The lowest BCUT2D eigenvalue weighted by Gasteiger charge is -2.18. The van der Waals surface area contributed by atoms with Gasteiger partial charge in [0.15, 0.2) is 0 Å². The van der Waals surface area contributed by atoms with E-state index >= 15 is 0 Å². The molecule has 156 valence electrons. The molecule has 2 fully saturated rings. The largest absolute Gasteiger partial charge is 0.457 e. The number of carbonyl (C=O) groups is 3. The van der Waals surface area contributed by atoms with Gasteiger partial charge in [-0.3, -0.25) is 14.4 Å². The molecule has 2 saturated heterocycles. The maximum Gasteiger partial charge on any atom is 0.229 e. The highest BCUT2D eigenvalue weighted by Crippen LogP contribution is 2.27. The Balaban J connectivity index is 1.28. The molecule has 7 heteroatoms. The highest BCUT2D eigenvalue weighted by Gasteiger charge is 2.31. The van der Waals surface area contributed by atoms with Gasteiger partial charge in [0.2, 0.25) is 17.7 Å². The average molecular weight is 407 g/mol. The molecule has 1 unspecified atom stereocenters. The lowest BCUT2D eigenvalue weighted by atomic mass is 10.2. The molecular weight excluding hydrogens is 382 g/mol. The second kappa shape index (κ2) is 8.98. The molecule has 2 aromatic carbocycles. The van der Waals surface area contributed by atoms with Crippen molar-refractivity contribution in [3.8, 4) is 11.5 Å². The number of rotatable bonds is 7. The van der Waals surface area contributed by atoms with Crippen molar-refractivity contribution in [1.29, 1.82) is 0 Å². The molecule has 0 bridgehead atoms. The SMILES string of the molecule is O=C(CCN1CCCC1=O)NC1CC(=O)N(c2ccc(Oc3ccccc3)cc2)C1. The van der Waals surface area contributed by atoms with E-state index in [0.29, 0.717) is 25.3 Å². The Morgan fingerprint density at radius 3 is 2.43 bits per heavy atom. The van der Waals surface area contributed by atoms with Crippen LogP contribution in [0.15, 0.2) is 54.6 Å². The van der Waals surface area contributed by atoms with Crippen molar-refractivity contribution < 1.29 is 19.1 Å². The summed E-state index contributed by atoms with van der Waals surface area (Å²) < 4.78 is 5.78. The molecule has 4 rings (SSSR count). The zero-order valence-electron chi connectivity index (χ0n) is 16.8. The zero-order valence-corrected chi connectivity index (χ0v) is 16.8. The van der Waals surface area contributed by atoms with Gasteiger partial charge in [-0.15, -0.1) is 0 Å². The smallest absolute Gasteiger partial charge is 0.229 e. The number of nitrogens with one attached hydrogen (secondary N) is 1. The van der Waals surface area contributed by atoms with Gasteiger partial charge < -0.3 is 19.9 Å². The first-order valence-corrected chi connectivity index (χ1v) is 10.3. The molecule has 2 aromatic rings. The topological polar surface area (TPSA) is 79.0 Å². The molecule has 1 atom stereocenters. The molecule has 1 N–H and O–H groups in total. The third-order valence-corrected chi connectivity index (χ3v) is 5.40. The summed E-state index contributed by atoms with van der Waals surface area (Å²) in [5.74, 6) is 1.41. The molecule has 7 nitrogen and oxygen atoms in total. The molecule has 0 aliphatic carbocycles. The molecule has 30 heavy (non-hydrogen) atoms. The lowest BCUT2D eigenvalue weighted by molar-refractivity contribution is -0.128. The molecule has 0 saturated carbocycles. The van der Waals surface area contributed by atoms with Gasteiger partial charge >= 0.3 is 0 Å². The molecule has 2 aliphatic rings. The molecular formula is C23H25N3O4. The fraction of sp³-hybridized carbons (Fsp3) is 0.348. The van der Waals surface area contributed by atoms with Crippen LogP contribution in [0.2, 0.25) is 0 Å². The van der Waals surface area contributed by atoms with E-state index in [1.165, 1.54) is 0 Å². The third kappa shape index (κ3) is 4.79. The van der Waals surface area contributed by atoms with E-state index in [2.05, 4.69) is 5.32 Å². The zero-order chi connectivity index (χ0) is 20.9. The number of nitrogens with zero attached hydrogens (tertiary/aromatic N) is 2. The van der Waals surface area contributed by atoms with Crippen LogP contribution in [0.5, 0.6) is 11.5 Å². The van der Waals surface area contributed by atoms with Crippen molar-refractivity contribution >= 4 is 23.4 Å². The van der Waals surface area contributed by atoms with Gasteiger partial charge in [0.1, 0.15) is 11.5 Å². The van der Waals surface area contributed by atoms with Crippen molar-refractivity contribution in [3.05, 3.63) is 54.6 Å². The van der Waals surface area contributed by atoms with Crippen LogP contribution in [0.4, 0.5) is 5.69 Å². The van der Waals surface area contributed by atoms with Crippen molar-refractivity contribution in [2.75, 3.05) is 24.5 Å². The summed E-state index contributed by atoms with van der Waals surface area (Å²) >= 11 is 0. The van der Waals surface area contributed by atoms with E-state index < -0.39 is 0 Å². The summed E-state index contributed by atoms with van der Waals surface area (Å²) in [4.78, 5) is 39.7. The number of hydrogen-bond acceptors (Lipinski definition) is 4. The van der Waals surface area contributed by atoms with Crippen LogP contribution in [-0.4, -0.2) is 48.3 Å². The summed E-state index contributed by atoms with van der Waals surface area (Å²) in [5.41, 5.74) is 0.778. The van der Waals surface area contributed by atoms with Crippen LogP contribution in [0.3, 0.4) is 0 Å². The van der Waals surface area contributed by atoms with Crippen LogP contribution in [-0.2, 0) is 14.4 Å². The molecule has 3 amide bonds. The quantitative estimate of drug-likeness (QED) is 0.766. The van der Waals surface area contributed by atoms with E-state index in [0.717, 1.165) is 24.4 Å². The van der Waals surface area contributed by atoms with Crippen molar-refractivity contribution in [2.24, 2.45) is 0 Å². The summed E-state index contributed by atoms with van der Waals surface area (Å²) in [5, 5.41) is 2.93. The van der Waals surface area contributed by atoms with Gasteiger partial charge in [0.25, 0.3) is 0 Å². The van der Waals surface area contributed by atoms with Gasteiger partial charge in [-0.2, -0.15) is 0 Å². The Morgan fingerprint density at radius 1 is 1.00 bits per heavy atom. The molecule has 0 radical (unpaired) electrons. The summed E-state index contributed by atoms with van der Waals surface area (Å²) in [7, 11) is 0. The monoisotopic (exact) mass is 407 g/mol. The number of hydrogen-bond donors (Lipinski definition) is 1. The maximum absolute atomic E-state index is 12.4. The summed E-state index contributed by atoms with van der Waals surface area (Å²) in [6.07, 6.45) is 1.98. The minimum atomic E-state index is -0.223. The highest BCUT2D eigenvalue weighted by atomic mass is 16.5. The van der Waals surface area contributed by atoms with Crippen LogP contribution in [0, 0.1) is 0 Å². The van der Waals surface area contributed by atoms with Gasteiger partial charge in [0, 0.05) is 44.6 Å². The van der Waals surface area contributed by atoms with Crippen LogP contribution in [0.1, 0.15) is 25.7 Å². The molecule has 0 aromatic heterocycles. The van der Waals surface area contributed by atoms with Gasteiger partial charge in [0.05, 0.1) is 6.04 Å². The number of anilines is 1. The minimum absolute atomic E-state index is 0.0215. The second-order valence-corrected chi connectivity index (χ2v) is 7.62. The summed E-state index contributed by atoms with van der Waals surface area (Å²) in [6.45, 7) is 1.61. The van der Waals surface area contributed by atoms with E-state index in [-0.39, 0.29) is 36.6 Å². The third-order valence-electron chi connectivity index (χ3n) is 5.40. The van der Waals surface area contributed by atoms with Gasteiger partial charge in [-0.1, -0.05) is 18.2 Å². The first kappa shape index (κ1) is 19.9. The second-order valence-electron chi connectivity index (χ2n) is 7.62. The normalized spacial score (nSPS) is 18.7. The first-order valence-electron chi connectivity index (χ1n) is 10.3. The van der Waals surface area contributed by atoms with Gasteiger partial charge in [-0.05, 0) is 42.8 Å². The Kier molecular flexibility index (Phi) is 5.97. The van der Waals surface area contributed by atoms with Crippen molar-refractivity contribution in [1.82, 2.24) is 10.2 Å². The standard InChI is InChI=1S/C23H25N3O4/c27-21(12-14-25-13-4-7-22(25)28)24-17-15-23(29)26(16-17)18-8-10-20(11-9-18)30-19-5-2-1-3-6-19/h1-3,5-6,8-11,17H,4,7,12-16H2,(H,24,27). The predicted octanol–water partition coefficient (Wildman–Crippen LogP) is 2.71. The van der Waals surface area contributed by atoms with Crippen LogP contribution >= 0.6 is 0 Å². The maximum atomic E-state index is 12.4. The highest BCUT2D eigenvalue weighted by molar-refractivity contribution is 5.97. The molecule has 2 aliphatic heterocycles. The molecule has 0 spiro atoms. The Bertz CT molecular complexity index is 914. The van der Waals surface area contributed by atoms with Gasteiger partial charge in [-0.25, -0.2) is 0 Å². The number of amides is 3. The van der Waals surface area contributed by atoms with E-state index in [1.54, 1.807) is 9.80 Å². The van der Waals surface area contributed by atoms with Crippen LogP contribution < -0.4 is 15.0 Å². The van der Waals surface area contributed by atoms with E-state index in [9.17, 15) is 14.4 Å². The van der Waals surface area contributed by atoms with Crippen molar-refractivity contribution in [2.45, 2.75) is 31.7 Å². The minimum Gasteiger partial charge on any atom is -0.457 e.